The first-order valence-corrected chi connectivity index (χ1v) is 7.51. The number of carbonyl (C=O) groups is 1. The van der Waals surface area contributed by atoms with Gasteiger partial charge in [0.1, 0.15) is 0 Å². The van der Waals surface area contributed by atoms with Crippen LogP contribution in [-0.4, -0.2) is 6.03 Å². The van der Waals surface area contributed by atoms with E-state index in [1.54, 1.807) is 0 Å². The highest BCUT2D eigenvalue weighted by Gasteiger charge is 2.06. The van der Waals surface area contributed by atoms with Gasteiger partial charge in [-0.05, 0) is 37.3 Å². The van der Waals surface area contributed by atoms with E-state index in [2.05, 4.69) is 26.6 Å². The number of nitrogens with one attached hydrogen (secondary N) is 2. The zero-order chi connectivity index (χ0) is 13.5. The highest BCUT2D eigenvalue weighted by molar-refractivity contribution is 9.10. The predicted octanol–water partition coefficient (Wildman–Crippen LogP) is 4.10. The van der Waals surface area contributed by atoms with E-state index < -0.39 is 0 Å². The van der Waals surface area contributed by atoms with Gasteiger partial charge in [-0.25, -0.2) is 4.79 Å². The zero-order valence-corrected chi connectivity index (χ0v) is 12.5. The molecule has 0 heterocycles. The van der Waals surface area contributed by atoms with Gasteiger partial charge in [0.2, 0.25) is 0 Å². The molecule has 0 unspecified atom stereocenters. The topological polar surface area (TPSA) is 41.1 Å². The van der Waals surface area contributed by atoms with Crippen molar-refractivity contribution in [2.75, 3.05) is 0 Å². The van der Waals surface area contributed by atoms with Gasteiger partial charge in [0.25, 0.3) is 0 Å². The molecule has 2 rings (SSSR count). The van der Waals surface area contributed by atoms with Crippen molar-refractivity contribution in [1.82, 2.24) is 10.6 Å². The number of amides is 2. The van der Waals surface area contributed by atoms with E-state index in [4.69, 9.17) is 0 Å². The van der Waals surface area contributed by atoms with Crippen LogP contribution in [0.5, 0.6) is 0 Å². The fraction of sp³-hybridized carbons (Fsp3) is 0.400. The summed E-state index contributed by atoms with van der Waals surface area (Å²) in [6.07, 6.45) is 7.90. The van der Waals surface area contributed by atoms with Crippen molar-refractivity contribution in [1.29, 1.82) is 0 Å². The van der Waals surface area contributed by atoms with Gasteiger partial charge in [-0.2, -0.15) is 0 Å². The van der Waals surface area contributed by atoms with Crippen LogP contribution in [0.2, 0.25) is 0 Å². The van der Waals surface area contributed by atoms with Crippen LogP contribution in [0.4, 0.5) is 4.79 Å². The summed E-state index contributed by atoms with van der Waals surface area (Å²) >= 11 is 3.46. The lowest BCUT2D eigenvalue weighted by atomic mass is 9.96. The summed E-state index contributed by atoms with van der Waals surface area (Å²) in [5, 5.41) is 5.67. The minimum Gasteiger partial charge on any atom is -0.334 e. The Morgan fingerprint density at radius 1 is 1.21 bits per heavy atom. The van der Waals surface area contributed by atoms with E-state index in [1.807, 2.05) is 30.5 Å². The van der Waals surface area contributed by atoms with Crippen LogP contribution in [0.1, 0.15) is 37.7 Å². The Morgan fingerprint density at radius 2 is 1.95 bits per heavy atom. The van der Waals surface area contributed by atoms with Crippen LogP contribution in [0.15, 0.2) is 40.5 Å². The van der Waals surface area contributed by atoms with Crippen molar-refractivity contribution in [3.63, 3.8) is 0 Å². The molecule has 3 nitrogen and oxygen atoms in total. The lowest BCUT2D eigenvalue weighted by Crippen LogP contribution is -2.32. The van der Waals surface area contributed by atoms with Crippen LogP contribution in [-0.2, 0) is 6.54 Å². The summed E-state index contributed by atoms with van der Waals surface area (Å²) in [4.78, 5) is 11.7. The molecule has 0 spiro atoms. The van der Waals surface area contributed by atoms with Crippen molar-refractivity contribution >= 4 is 22.0 Å². The molecule has 1 aromatic carbocycles. The normalized spacial score (nSPS) is 14.9. The third-order valence-electron chi connectivity index (χ3n) is 3.30. The molecule has 19 heavy (non-hydrogen) atoms. The SMILES string of the molecule is O=C(NC=C1CCCCC1)NCc1ccccc1Br. The molecule has 1 aliphatic rings. The fourth-order valence-electron chi connectivity index (χ4n) is 2.19. The van der Waals surface area contributed by atoms with Crippen LogP contribution < -0.4 is 10.6 Å². The maximum Gasteiger partial charge on any atom is 0.319 e. The monoisotopic (exact) mass is 322 g/mol. The van der Waals surface area contributed by atoms with Gasteiger partial charge in [0.15, 0.2) is 0 Å². The summed E-state index contributed by atoms with van der Waals surface area (Å²) in [7, 11) is 0. The molecular formula is C15H19BrN2O. The fourth-order valence-corrected chi connectivity index (χ4v) is 2.61. The summed E-state index contributed by atoms with van der Waals surface area (Å²) in [5.41, 5.74) is 2.42. The Labute approximate surface area is 122 Å². The van der Waals surface area contributed by atoms with E-state index in [1.165, 1.54) is 24.8 Å². The number of halogens is 1. The van der Waals surface area contributed by atoms with E-state index >= 15 is 0 Å². The molecule has 1 saturated carbocycles. The van der Waals surface area contributed by atoms with E-state index in [0.29, 0.717) is 6.54 Å². The van der Waals surface area contributed by atoms with Crippen molar-refractivity contribution in [2.24, 2.45) is 0 Å². The first-order valence-electron chi connectivity index (χ1n) is 6.71. The third kappa shape index (κ3) is 4.71. The second-order valence-corrected chi connectivity index (χ2v) is 5.64. The number of urea groups is 1. The molecule has 0 bridgehead atoms. The number of carbonyl (C=O) groups excluding carboxylic acids is 1. The Hall–Kier alpha value is -1.29. The van der Waals surface area contributed by atoms with Gasteiger partial charge >= 0.3 is 6.03 Å². The number of rotatable bonds is 3. The van der Waals surface area contributed by atoms with Crippen molar-refractivity contribution in [3.05, 3.63) is 46.1 Å². The molecule has 0 saturated heterocycles. The molecule has 0 radical (unpaired) electrons. The minimum absolute atomic E-state index is 0.145. The second kappa shape index (κ2) is 7.34. The molecule has 2 amide bonds. The van der Waals surface area contributed by atoms with Crippen LogP contribution >= 0.6 is 15.9 Å². The first-order chi connectivity index (χ1) is 9.25. The van der Waals surface area contributed by atoms with Crippen molar-refractivity contribution in [3.8, 4) is 0 Å². The largest absolute Gasteiger partial charge is 0.334 e. The van der Waals surface area contributed by atoms with E-state index in [0.717, 1.165) is 22.9 Å². The molecule has 4 heteroatoms. The second-order valence-electron chi connectivity index (χ2n) is 4.78. The first kappa shape index (κ1) is 14.1. The van der Waals surface area contributed by atoms with Gasteiger partial charge in [0, 0.05) is 17.2 Å². The molecule has 2 N–H and O–H groups in total. The van der Waals surface area contributed by atoms with E-state index in [-0.39, 0.29) is 6.03 Å². The maximum atomic E-state index is 11.7. The zero-order valence-electron chi connectivity index (χ0n) is 10.9. The average molecular weight is 323 g/mol. The van der Waals surface area contributed by atoms with Crippen molar-refractivity contribution in [2.45, 2.75) is 38.6 Å². The highest BCUT2D eigenvalue weighted by Crippen LogP contribution is 2.21. The maximum absolute atomic E-state index is 11.7. The molecule has 1 aromatic rings. The van der Waals surface area contributed by atoms with Crippen molar-refractivity contribution < 1.29 is 4.79 Å². The molecular weight excluding hydrogens is 304 g/mol. The third-order valence-corrected chi connectivity index (χ3v) is 4.07. The standard InChI is InChI=1S/C15H19BrN2O/c16-14-9-5-4-8-13(14)11-18-15(19)17-10-12-6-2-1-3-7-12/h4-5,8-10H,1-3,6-7,11H2,(H2,17,18,19). The van der Waals surface area contributed by atoms with Gasteiger partial charge in [-0.15, -0.1) is 0 Å². The lowest BCUT2D eigenvalue weighted by molar-refractivity contribution is 0.243. The van der Waals surface area contributed by atoms with Gasteiger partial charge in [0.05, 0.1) is 0 Å². The van der Waals surface area contributed by atoms with Crippen LogP contribution in [0.3, 0.4) is 0 Å². The molecule has 0 aromatic heterocycles. The Morgan fingerprint density at radius 3 is 2.68 bits per heavy atom. The molecule has 1 fully saturated rings. The minimum atomic E-state index is -0.145. The number of allylic oxidation sites excluding steroid dienone is 1. The van der Waals surface area contributed by atoms with Crippen LogP contribution in [0, 0.1) is 0 Å². The number of benzene rings is 1. The molecule has 0 aliphatic heterocycles. The Bertz CT molecular complexity index is 463. The average Bonchev–Trinajstić information content (AvgIpc) is 2.45. The Balaban J connectivity index is 1.77. The summed E-state index contributed by atoms with van der Waals surface area (Å²) in [5.74, 6) is 0. The summed E-state index contributed by atoms with van der Waals surface area (Å²) < 4.78 is 1.01. The highest BCUT2D eigenvalue weighted by atomic mass is 79.9. The summed E-state index contributed by atoms with van der Waals surface area (Å²) in [6.45, 7) is 0.524. The number of hydrogen-bond donors (Lipinski definition) is 2. The predicted molar refractivity (Wildman–Crippen MR) is 80.7 cm³/mol. The van der Waals surface area contributed by atoms with Crippen LogP contribution in [0.25, 0.3) is 0 Å². The number of hydrogen-bond acceptors (Lipinski definition) is 1. The van der Waals surface area contributed by atoms with Gasteiger partial charge in [-0.1, -0.05) is 46.1 Å². The molecule has 1 aliphatic carbocycles. The van der Waals surface area contributed by atoms with Gasteiger partial charge < -0.3 is 10.6 Å². The molecule has 102 valence electrons. The quantitative estimate of drug-likeness (QED) is 0.864. The Kier molecular flexibility index (Phi) is 5.45. The smallest absolute Gasteiger partial charge is 0.319 e. The van der Waals surface area contributed by atoms with E-state index in [9.17, 15) is 4.79 Å². The lowest BCUT2D eigenvalue weighted by Gasteiger charge is -2.13. The summed E-state index contributed by atoms with van der Waals surface area (Å²) in [6, 6.07) is 7.74. The van der Waals surface area contributed by atoms with Gasteiger partial charge in [-0.3, -0.25) is 0 Å². The molecule has 0 atom stereocenters.